The molecule has 0 saturated carbocycles. The second kappa shape index (κ2) is 15.2. The van der Waals surface area contributed by atoms with Crippen LogP contribution in [0.4, 0.5) is 0 Å². The standard InChI is InChI=1S/C59H40N4O/c1-37-14-11-20-41(32-37)43-26-29-47-48-30-27-44(42-21-12-15-38(2)33-42)36-53(48)63(52(47)35-43)51-31-28-45(46-23-13-25-55-56(46)49-22-9-10-24-54(49)64-55)34-50(51)59-61-57(39-16-5-3-6-17-39)60-58(62-59)40-18-7-4-8-19-40/h3-36H,1-2H3. The molecule has 302 valence electrons. The minimum Gasteiger partial charge on any atom is -0.456 e. The number of rotatable bonds is 7. The van der Waals surface area contributed by atoms with Crippen LogP contribution in [0.1, 0.15) is 11.1 Å². The van der Waals surface area contributed by atoms with Gasteiger partial charge in [-0.25, -0.2) is 15.0 Å². The van der Waals surface area contributed by atoms with Crippen molar-refractivity contribution in [1.82, 2.24) is 19.5 Å². The third kappa shape index (κ3) is 6.45. The molecule has 0 aliphatic heterocycles. The summed E-state index contributed by atoms with van der Waals surface area (Å²) in [5, 5.41) is 4.48. The van der Waals surface area contributed by atoms with Crippen molar-refractivity contribution in [1.29, 1.82) is 0 Å². The average Bonchev–Trinajstić information content (AvgIpc) is 3.89. The molecule has 0 N–H and O–H groups in total. The lowest BCUT2D eigenvalue weighted by atomic mass is 9.96. The van der Waals surface area contributed by atoms with Gasteiger partial charge in [0, 0.05) is 38.2 Å². The number of nitrogens with zero attached hydrogens (tertiary/aromatic N) is 4. The first-order chi connectivity index (χ1) is 31.5. The van der Waals surface area contributed by atoms with Crippen molar-refractivity contribution < 1.29 is 4.42 Å². The van der Waals surface area contributed by atoms with Crippen LogP contribution in [0.5, 0.6) is 0 Å². The first kappa shape index (κ1) is 37.4. The Morgan fingerprint density at radius 1 is 0.344 bits per heavy atom. The lowest BCUT2D eigenvalue weighted by molar-refractivity contribution is 0.669. The number of aromatic nitrogens is 4. The predicted molar refractivity (Wildman–Crippen MR) is 264 cm³/mol. The molecule has 0 aliphatic rings. The molecule has 5 nitrogen and oxygen atoms in total. The summed E-state index contributed by atoms with van der Waals surface area (Å²) in [4.78, 5) is 15.8. The molecule has 9 aromatic carbocycles. The highest BCUT2D eigenvalue weighted by atomic mass is 16.3. The maximum Gasteiger partial charge on any atom is 0.166 e. The van der Waals surface area contributed by atoms with Crippen LogP contribution in [0.15, 0.2) is 211 Å². The van der Waals surface area contributed by atoms with Gasteiger partial charge in [0.2, 0.25) is 0 Å². The van der Waals surface area contributed by atoms with Gasteiger partial charge >= 0.3 is 0 Å². The van der Waals surface area contributed by atoms with E-state index in [1.807, 2.05) is 54.6 Å². The number of para-hydroxylation sites is 1. The second-order valence-corrected chi connectivity index (χ2v) is 16.6. The van der Waals surface area contributed by atoms with Crippen LogP contribution in [0.25, 0.3) is 117 Å². The Hall–Kier alpha value is -8.41. The summed E-state index contributed by atoms with van der Waals surface area (Å²) in [6.07, 6.45) is 0. The number of aryl methyl sites for hydroxylation is 2. The Morgan fingerprint density at radius 2 is 0.844 bits per heavy atom. The number of furan rings is 1. The number of benzene rings is 9. The van der Waals surface area contributed by atoms with E-state index < -0.39 is 0 Å². The van der Waals surface area contributed by atoms with Crippen molar-refractivity contribution >= 4 is 43.7 Å². The zero-order valence-corrected chi connectivity index (χ0v) is 35.3. The van der Waals surface area contributed by atoms with Crippen molar-refractivity contribution in [2.24, 2.45) is 0 Å². The van der Waals surface area contributed by atoms with Crippen LogP contribution in [0.2, 0.25) is 0 Å². The first-order valence-corrected chi connectivity index (χ1v) is 21.7. The molecular formula is C59H40N4O. The summed E-state index contributed by atoms with van der Waals surface area (Å²) >= 11 is 0. The van der Waals surface area contributed by atoms with Gasteiger partial charge in [0.1, 0.15) is 11.2 Å². The summed E-state index contributed by atoms with van der Waals surface area (Å²) in [5.74, 6) is 1.79. The molecule has 0 spiro atoms. The molecule has 0 radical (unpaired) electrons. The van der Waals surface area contributed by atoms with Crippen molar-refractivity contribution in [3.63, 3.8) is 0 Å². The van der Waals surface area contributed by atoms with Crippen LogP contribution in [-0.2, 0) is 0 Å². The van der Waals surface area contributed by atoms with Crippen molar-refractivity contribution in [3.8, 4) is 73.2 Å². The summed E-state index contributed by atoms with van der Waals surface area (Å²) in [6, 6.07) is 72.9. The largest absolute Gasteiger partial charge is 0.456 e. The lowest BCUT2D eigenvalue weighted by Crippen LogP contribution is -2.04. The van der Waals surface area contributed by atoms with Crippen LogP contribution < -0.4 is 0 Å². The van der Waals surface area contributed by atoms with Crippen molar-refractivity contribution in [3.05, 3.63) is 217 Å². The zero-order chi connectivity index (χ0) is 42.7. The summed E-state index contributed by atoms with van der Waals surface area (Å²) < 4.78 is 8.83. The van der Waals surface area contributed by atoms with Gasteiger partial charge in [0.15, 0.2) is 17.5 Å². The van der Waals surface area contributed by atoms with Crippen LogP contribution >= 0.6 is 0 Å². The lowest BCUT2D eigenvalue weighted by Gasteiger charge is -2.17. The summed E-state index contributed by atoms with van der Waals surface area (Å²) in [7, 11) is 0. The fourth-order valence-electron chi connectivity index (χ4n) is 9.31. The van der Waals surface area contributed by atoms with Crippen molar-refractivity contribution in [2.45, 2.75) is 13.8 Å². The molecule has 3 heterocycles. The Labute approximate surface area is 370 Å². The van der Waals surface area contributed by atoms with Gasteiger partial charge in [-0.15, -0.1) is 0 Å². The van der Waals surface area contributed by atoms with E-state index >= 15 is 0 Å². The minimum atomic E-state index is 0.577. The maximum atomic E-state index is 6.41. The maximum absolute atomic E-state index is 6.41. The van der Waals surface area contributed by atoms with Gasteiger partial charge in [-0.3, -0.25) is 0 Å². The van der Waals surface area contributed by atoms with E-state index in [4.69, 9.17) is 19.4 Å². The molecule has 5 heteroatoms. The molecule has 0 saturated heterocycles. The van der Waals surface area contributed by atoms with E-state index in [9.17, 15) is 0 Å². The molecule has 0 fully saturated rings. The SMILES string of the molecule is Cc1cccc(-c2ccc3c4ccc(-c5cccc(C)c5)cc4n(-c4ccc(-c5cccc6oc7ccccc7c56)cc4-c4nc(-c5ccccc5)nc(-c5ccccc5)n4)c3c2)c1. The Bertz CT molecular complexity index is 3590. The Morgan fingerprint density at radius 3 is 1.45 bits per heavy atom. The van der Waals surface area contributed by atoms with E-state index in [2.05, 4.69) is 170 Å². The van der Waals surface area contributed by atoms with Gasteiger partial charge in [0.25, 0.3) is 0 Å². The van der Waals surface area contributed by atoms with Crippen LogP contribution in [0, 0.1) is 13.8 Å². The van der Waals surface area contributed by atoms with Gasteiger partial charge < -0.3 is 8.98 Å². The molecule has 0 aliphatic carbocycles. The number of hydrogen-bond donors (Lipinski definition) is 0. The Kier molecular flexibility index (Phi) is 8.87. The molecule has 0 amide bonds. The Balaban J connectivity index is 1.19. The third-order valence-electron chi connectivity index (χ3n) is 12.4. The number of hydrogen-bond acceptors (Lipinski definition) is 4. The highest BCUT2D eigenvalue weighted by Gasteiger charge is 2.22. The molecule has 0 atom stereocenters. The normalized spacial score (nSPS) is 11.6. The van der Waals surface area contributed by atoms with Gasteiger partial charge in [0.05, 0.1) is 16.7 Å². The molecule has 64 heavy (non-hydrogen) atoms. The van der Waals surface area contributed by atoms with E-state index in [0.29, 0.717) is 17.5 Å². The van der Waals surface area contributed by atoms with E-state index in [1.54, 1.807) is 0 Å². The minimum absolute atomic E-state index is 0.577. The third-order valence-corrected chi connectivity index (χ3v) is 12.4. The van der Waals surface area contributed by atoms with Crippen molar-refractivity contribution in [2.75, 3.05) is 0 Å². The van der Waals surface area contributed by atoms with Crippen LogP contribution in [-0.4, -0.2) is 19.5 Å². The van der Waals surface area contributed by atoms with Gasteiger partial charge in [-0.2, -0.15) is 0 Å². The fourth-order valence-corrected chi connectivity index (χ4v) is 9.31. The number of fused-ring (bicyclic) bond motifs is 6. The molecular weight excluding hydrogens is 781 g/mol. The monoisotopic (exact) mass is 820 g/mol. The predicted octanol–water partition coefficient (Wildman–Crippen LogP) is 15.5. The quantitative estimate of drug-likeness (QED) is 0.161. The topological polar surface area (TPSA) is 56.7 Å². The molecule has 12 rings (SSSR count). The smallest absolute Gasteiger partial charge is 0.166 e. The van der Waals surface area contributed by atoms with E-state index in [-0.39, 0.29) is 0 Å². The summed E-state index contributed by atoms with van der Waals surface area (Å²) in [5.41, 5.74) is 16.7. The molecule has 0 unspecified atom stereocenters. The van der Waals surface area contributed by atoms with Crippen LogP contribution in [0.3, 0.4) is 0 Å². The molecule has 3 aromatic heterocycles. The average molecular weight is 821 g/mol. The van der Waals surface area contributed by atoms with E-state index in [0.717, 1.165) is 88.4 Å². The summed E-state index contributed by atoms with van der Waals surface area (Å²) in [6.45, 7) is 4.29. The molecule has 12 aromatic rings. The van der Waals surface area contributed by atoms with E-state index in [1.165, 1.54) is 22.3 Å². The first-order valence-electron chi connectivity index (χ1n) is 21.7. The highest BCUT2D eigenvalue weighted by molar-refractivity contribution is 6.14. The highest BCUT2D eigenvalue weighted by Crippen LogP contribution is 2.43. The van der Waals surface area contributed by atoms with Gasteiger partial charge in [-0.05, 0) is 83.6 Å². The second-order valence-electron chi connectivity index (χ2n) is 16.6. The molecule has 0 bridgehead atoms. The fraction of sp³-hybridized carbons (Fsp3) is 0.0339. The van der Waals surface area contributed by atoms with Gasteiger partial charge in [-0.1, -0.05) is 181 Å². The zero-order valence-electron chi connectivity index (χ0n) is 35.3.